The van der Waals surface area contributed by atoms with E-state index in [2.05, 4.69) is 21.9 Å². The number of nitro benzene ring substituents is 2. The van der Waals surface area contributed by atoms with Gasteiger partial charge in [0.15, 0.2) is 11.4 Å². The third-order valence-electron chi connectivity index (χ3n) is 4.22. The molecule has 0 fully saturated rings. The van der Waals surface area contributed by atoms with Crippen molar-refractivity contribution >= 4 is 56.0 Å². The number of aromatic hydroxyl groups is 2. The molecule has 0 unspecified atom stereocenters. The number of azo groups is 1. The highest BCUT2D eigenvalue weighted by atomic mass is 32.2. The maximum Gasteiger partial charge on any atom is 0.317 e. The summed E-state index contributed by atoms with van der Waals surface area (Å²) < 4.78 is 33.8. The lowest BCUT2D eigenvalue weighted by Gasteiger charge is -2.10. The summed E-state index contributed by atoms with van der Waals surface area (Å²) >= 11 is 0. The lowest BCUT2D eigenvalue weighted by molar-refractivity contribution is -0.394. The second kappa shape index (κ2) is 7.97. The van der Waals surface area contributed by atoms with Crippen LogP contribution in [-0.4, -0.2) is 39.7 Å². The molecule has 0 saturated heterocycles. The Labute approximate surface area is 177 Å². The van der Waals surface area contributed by atoms with Gasteiger partial charge in [-0.3, -0.25) is 29.8 Å². The highest BCUT2D eigenvalue weighted by Gasteiger charge is 2.27. The maximum absolute atomic E-state index is 12.1. The van der Waals surface area contributed by atoms with E-state index in [0.29, 0.717) is 12.1 Å². The molecule has 0 atom stereocenters. The highest BCUT2D eigenvalue weighted by molar-refractivity contribution is 7.86. The Morgan fingerprint density at radius 2 is 1.53 bits per heavy atom. The number of hydrogen-bond donors (Lipinski definition) is 3. The van der Waals surface area contributed by atoms with Crippen molar-refractivity contribution in [2.24, 2.45) is 15.2 Å². The van der Waals surface area contributed by atoms with Crippen LogP contribution in [0.5, 0.6) is 11.5 Å². The van der Waals surface area contributed by atoms with Crippen LogP contribution in [0.25, 0.3) is 10.8 Å². The molecule has 0 aliphatic heterocycles. The minimum Gasteiger partial charge on any atom is -0.506 e. The summed E-state index contributed by atoms with van der Waals surface area (Å²) in [6.45, 7) is 3.33. The van der Waals surface area contributed by atoms with Crippen molar-refractivity contribution in [1.82, 2.24) is 0 Å². The maximum atomic E-state index is 12.1. The predicted molar refractivity (Wildman–Crippen MR) is 110 cm³/mol. The lowest BCUT2D eigenvalue weighted by Crippen LogP contribution is -2.00. The molecule has 0 heterocycles. The first kappa shape index (κ1) is 22.2. The number of benzene rings is 3. The van der Waals surface area contributed by atoms with Crippen LogP contribution < -0.4 is 0 Å². The summed E-state index contributed by atoms with van der Waals surface area (Å²) in [5, 5.41) is 49.2. The van der Waals surface area contributed by atoms with Crippen LogP contribution in [0.1, 0.15) is 0 Å². The van der Waals surface area contributed by atoms with Gasteiger partial charge in [-0.2, -0.15) is 8.42 Å². The van der Waals surface area contributed by atoms with Gasteiger partial charge in [0, 0.05) is 16.8 Å². The summed E-state index contributed by atoms with van der Waals surface area (Å²) in [6.07, 6.45) is 0. The Morgan fingerprint density at radius 1 is 0.875 bits per heavy atom. The van der Waals surface area contributed by atoms with Gasteiger partial charge in [-0.1, -0.05) is 12.1 Å². The average Bonchev–Trinajstić information content (AvgIpc) is 2.70. The van der Waals surface area contributed by atoms with Crippen molar-refractivity contribution in [3.05, 3.63) is 56.6 Å². The monoisotopic (exact) mass is 461 g/mol. The molecule has 15 heteroatoms. The zero-order valence-corrected chi connectivity index (χ0v) is 16.4. The van der Waals surface area contributed by atoms with Gasteiger partial charge in [-0.05, 0) is 18.9 Å². The van der Waals surface area contributed by atoms with E-state index >= 15 is 0 Å². The summed E-state index contributed by atoms with van der Waals surface area (Å²) in [4.78, 5) is 22.9. The molecule has 3 N–H and O–H groups in total. The van der Waals surface area contributed by atoms with E-state index in [1.54, 1.807) is 0 Å². The van der Waals surface area contributed by atoms with Crippen molar-refractivity contribution in [3.63, 3.8) is 0 Å². The van der Waals surface area contributed by atoms with Crippen LogP contribution in [-0.2, 0) is 10.1 Å². The molecule has 0 saturated carbocycles. The van der Waals surface area contributed by atoms with Crippen LogP contribution >= 0.6 is 0 Å². The Balaban J connectivity index is 2.32. The van der Waals surface area contributed by atoms with E-state index in [9.17, 15) is 43.4 Å². The molecular formula is C17H11N5O9S. The molecule has 3 aromatic rings. The largest absolute Gasteiger partial charge is 0.506 e. The van der Waals surface area contributed by atoms with Gasteiger partial charge >= 0.3 is 11.4 Å². The number of phenols is 2. The summed E-state index contributed by atoms with van der Waals surface area (Å²) in [6, 6.07) is 6.24. The van der Waals surface area contributed by atoms with Gasteiger partial charge in [-0.15, -0.1) is 10.2 Å². The fourth-order valence-electron chi connectivity index (χ4n) is 2.88. The number of nitrogens with zero attached hydrogens (tertiary/aromatic N) is 5. The first-order valence-corrected chi connectivity index (χ1v) is 9.70. The van der Waals surface area contributed by atoms with E-state index in [1.165, 1.54) is 18.2 Å². The second-order valence-electron chi connectivity index (χ2n) is 6.12. The van der Waals surface area contributed by atoms with Gasteiger partial charge in [0.2, 0.25) is 0 Å². The number of nitro groups is 2. The van der Waals surface area contributed by atoms with E-state index in [-0.39, 0.29) is 16.5 Å². The topological polar surface area (TPSA) is 218 Å². The molecule has 0 aromatic heterocycles. The van der Waals surface area contributed by atoms with Crippen LogP contribution in [0.15, 0.2) is 56.5 Å². The first-order chi connectivity index (χ1) is 15.0. The van der Waals surface area contributed by atoms with Crippen molar-refractivity contribution in [1.29, 1.82) is 0 Å². The van der Waals surface area contributed by atoms with E-state index in [4.69, 9.17) is 0 Å². The minimum atomic E-state index is -5.01. The molecule has 0 aliphatic rings. The smallest absolute Gasteiger partial charge is 0.317 e. The van der Waals surface area contributed by atoms with Gasteiger partial charge in [0.05, 0.1) is 15.5 Å². The molecule has 0 bridgehead atoms. The summed E-state index contributed by atoms with van der Waals surface area (Å²) in [5.74, 6) is -1.74. The molecule has 164 valence electrons. The molecule has 0 amide bonds. The number of hydrogen-bond acceptors (Lipinski definition) is 11. The SMILES string of the molecule is C=Nc1cccc2c(S(=O)(=O)O)c(N=Nc3cc(O)c([N+](=O)[O-])cc3[N+](=O)[O-])c(O)cc12. The quantitative estimate of drug-likeness (QED) is 0.158. The average molecular weight is 461 g/mol. The molecule has 14 nitrogen and oxygen atoms in total. The fourth-order valence-corrected chi connectivity index (χ4v) is 3.72. The van der Waals surface area contributed by atoms with Crippen LogP contribution in [0.2, 0.25) is 0 Å². The van der Waals surface area contributed by atoms with Gasteiger partial charge in [-0.25, -0.2) is 0 Å². The van der Waals surface area contributed by atoms with E-state index < -0.39 is 59.1 Å². The van der Waals surface area contributed by atoms with E-state index in [0.717, 1.165) is 6.07 Å². The lowest BCUT2D eigenvalue weighted by atomic mass is 10.1. The standard InChI is InChI=1S/C17H11N5O9S/c1-18-10-4-2-3-8-9(10)5-15(24)16(17(8)32(29,30)31)20-19-11-6-14(23)13(22(27)28)7-12(11)21(25)26/h2-7,23-24H,1H2,(H,29,30,31). The molecule has 0 spiro atoms. The Hall–Kier alpha value is -4.50. The highest BCUT2D eigenvalue weighted by Crippen LogP contribution is 2.44. The number of fused-ring (bicyclic) bond motifs is 1. The number of aliphatic imine (C=N–C) groups is 1. The zero-order valence-electron chi connectivity index (χ0n) is 15.6. The minimum absolute atomic E-state index is 0.102. The predicted octanol–water partition coefficient (Wildman–Crippen LogP) is 4.06. The van der Waals surface area contributed by atoms with Crippen molar-refractivity contribution in [2.45, 2.75) is 4.90 Å². The first-order valence-electron chi connectivity index (χ1n) is 8.26. The van der Waals surface area contributed by atoms with Gasteiger partial charge in [0.25, 0.3) is 10.1 Å². The number of phenolic OH excluding ortho intramolecular Hbond substituents is 2. The summed E-state index contributed by atoms with van der Waals surface area (Å²) in [5.41, 5.74) is -3.16. The molecular weight excluding hydrogens is 450 g/mol. The van der Waals surface area contributed by atoms with Crippen LogP contribution in [0.3, 0.4) is 0 Å². The number of rotatable bonds is 6. The van der Waals surface area contributed by atoms with E-state index in [1.807, 2.05) is 0 Å². The fraction of sp³-hybridized carbons (Fsp3) is 0. The second-order valence-corrected chi connectivity index (χ2v) is 7.48. The van der Waals surface area contributed by atoms with Crippen LogP contribution in [0, 0.1) is 20.2 Å². The van der Waals surface area contributed by atoms with Crippen LogP contribution in [0.4, 0.5) is 28.4 Å². The zero-order chi connectivity index (χ0) is 23.8. The Kier molecular flexibility index (Phi) is 5.53. The van der Waals surface area contributed by atoms with Gasteiger partial charge in [0.1, 0.15) is 22.4 Å². The molecule has 32 heavy (non-hydrogen) atoms. The Morgan fingerprint density at radius 3 is 2.09 bits per heavy atom. The third kappa shape index (κ3) is 3.92. The van der Waals surface area contributed by atoms with Crippen molar-refractivity contribution in [2.75, 3.05) is 0 Å². The van der Waals surface area contributed by atoms with Crippen molar-refractivity contribution in [3.8, 4) is 11.5 Å². The molecule has 0 aliphatic carbocycles. The molecule has 3 rings (SSSR count). The molecule has 0 radical (unpaired) electrons. The normalized spacial score (nSPS) is 11.7. The van der Waals surface area contributed by atoms with Gasteiger partial charge < -0.3 is 10.2 Å². The molecule has 3 aromatic carbocycles. The summed E-state index contributed by atoms with van der Waals surface area (Å²) in [7, 11) is -5.01. The van der Waals surface area contributed by atoms with Crippen molar-refractivity contribution < 1.29 is 33.0 Å². The Bertz CT molecular complexity index is 1450. The third-order valence-corrected chi connectivity index (χ3v) is 5.15.